The molecule has 5 aromatic rings. The highest BCUT2D eigenvalue weighted by molar-refractivity contribution is 5.88. The topological polar surface area (TPSA) is 132 Å². The number of likely N-dealkylation sites (N-methyl/N-ethyl adjacent to an activating group) is 1. The highest BCUT2D eigenvalue weighted by Crippen LogP contribution is 2.41. The van der Waals surface area contributed by atoms with Gasteiger partial charge in [0.05, 0.1) is 33.9 Å². The summed E-state index contributed by atoms with van der Waals surface area (Å²) in [5, 5.41) is 7.47. The number of hydrogen-bond acceptors (Lipinski definition) is 12. The SMILES string of the molecule is COc1cc(Nc2nccc(N(Cc3ccc(Cn4cncn4)cc3)C(=O)Oc3c(C)cc(C)cc3C)n2)cc(OCCCN2CCN(C)CC2)c1OC. The number of anilines is 3. The molecule has 1 fully saturated rings. The van der Waals surface area contributed by atoms with E-state index < -0.39 is 6.09 Å². The molecule has 2 aromatic heterocycles. The fourth-order valence-corrected chi connectivity index (χ4v) is 6.48. The van der Waals surface area contributed by atoms with Crippen molar-refractivity contribution in [3.8, 4) is 23.0 Å². The van der Waals surface area contributed by atoms with Crippen molar-refractivity contribution >= 4 is 23.5 Å². The van der Waals surface area contributed by atoms with Gasteiger partial charge in [-0.05, 0) is 62.6 Å². The molecule has 1 aliphatic heterocycles. The van der Waals surface area contributed by atoms with Gasteiger partial charge in [-0.1, -0.05) is 42.0 Å². The standard InChI is InChI=1S/C40H49N9O5/c1-28-20-29(2)37(30(3)21-28)54-40(50)49(25-32-10-8-31(9-11-32)24-48-27-41-26-43-48)36-12-13-42-39(45-36)44-33-22-34(51-5)38(52-6)35(23-33)53-19-7-14-47-17-15-46(4)16-18-47/h8-13,20-23,26-27H,7,14-19,24-25H2,1-6H3,(H,42,44,45). The summed E-state index contributed by atoms with van der Waals surface area (Å²) in [5.74, 6) is 2.67. The Morgan fingerprint density at radius 1 is 0.889 bits per heavy atom. The zero-order valence-corrected chi connectivity index (χ0v) is 31.9. The van der Waals surface area contributed by atoms with E-state index in [9.17, 15) is 4.79 Å². The number of nitrogens with one attached hydrogen (secondary N) is 1. The van der Waals surface area contributed by atoms with Crippen LogP contribution >= 0.6 is 0 Å². The first-order valence-electron chi connectivity index (χ1n) is 18.1. The maximum atomic E-state index is 14.0. The molecule has 0 saturated carbocycles. The molecule has 6 rings (SSSR count). The number of ether oxygens (including phenoxy) is 4. The molecule has 1 N–H and O–H groups in total. The number of aryl methyl sites for hydroxylation is 3. The van der Waals surface area contributed by atoms with E-state index in [1.807, 2.05) is 63.2 Å². The normalized spacial score (nSPS) is 13.4. The summed E-state index contributed by atoms with van der Waals surface area (Å²) in [4.78, 5) is 33.6. The molecule has 3 heterocycles. The summed E-state index contributed by atoms with van der Waals surface area (Å²) in [6, 6.07) is 17.3. The molecule has 1 amide bonds. The Balaban J connectivity index is 1.22. The number of benzene rings is 3. The summed E-state index contributed by atoms with van der Waals surface area (Å²) in [5.41, 5.74) is 5.39. The molecular weight excluding hydrogens is 686 g/mol. The van der Waals surface area contributed by atoms with E-state index in [0.29, 0.717) is 47.7 Å². The van der Waals surface area contributed by atoms with Gasteiger partial charge < -0.3 is 34.1 Å². The van der Waals surface area contributed by atoms with Gasteiger partial charge in [0.15, 0.2) is 11.5 Å². The second kappa shape index (κ2) is 17.9. The van der Waals surface area contributed by atoms with Crippen LogP contribution in [0.2, 0.25) is 0 Å². The van der Waals surface area contributed by atoms with Crippen molar-refractivity contribution in [2.45, 2.75) is 40.3 Å². The molecule has 1 saturated heterocycles. The molecule has 14 nitrogen and oxygen atoms in total. The van der Waals surface area contributed by atoms with Crippen LogP contribution < -0.4 is 29.2 Å². The minimum Gasteiger partial charge on any atom is -0.493 e. The molecule has 0 atom stereocenters. The lowest BCUT2D eigenvalue weighted by Gasteiger charge is -2.32. The fraction of sp³-hybridized carbons (Fsp3) is 0.375. The number of amides is 1. The molecule has 14 heteroatoms. The van der Waals surface area contributed by atoms with E-state index in [0.717, 1.165) is 67.0 Å². The van der Waals surface area contributed by atoms with Crippen LogP contribution in [-0.4, -0.2) is 101 Å². The van der Waals surface area contributed by atoms with Gasteiger partial charge in [0.1, 0.15) is 24.2 Å². The van der Waals surface area contributed by atoms with Crippen LogP contribution in [0.25, 0.3) is 0 Å². The van der Waals surface area contributed by atoms with E-state index >= 15 is 0 Å². The van der Waals surface area contributed by atoms with E-state index in [1.54, 1.807) is 43.6 Å². The molecule has 284 valence electrons. The first kappa shape index (κ1) is 38.0. The number of piperazine rings is 1. The van der Waals surface area contributed by atoms with E-state index in [2.05, 4.69) is 37.2 Å². The lowest BCUT2D eigenvalue weighted by Crippen LogP contribution is -2.44. The van der Waals surface area contributed by atoms with E-state index in [-0.39, 0.29) is 12.5 Å². The van der Waals surface area contributed by atoms with Crippen LogP contribution in [0.15, 0.2) is 73.4 Å². The Hall–Kier alpha value is -5.73. The maximum absolute atomic E-state index is 14.0. The number of methoxy groups -OCH3 is 2. The summed E-state index contributed by atoms with van der Waals surface area (Å²) >= 11 is 0. The van der Waals surface area contributed by atoms with Crippen LogP contribution in [0.3, 0.4) is 0 Å². The Morgan fingerprint density at radius 3 is 2.30 bits per heavy atom. The van der Waals surface area contributed by atoms with Crippen molar-refractivity contribution in [3.63, 3.8) is 0 Å². The van der Waals surface area contributed by atoms with Crippen molar-refractivity contribution in [2.75, 3.05) is 70.8 Å². The van der Waals surface area contributed by atoms with Gasteiger partial charge in [0, 0.05) is 56.7 Å². The predicted molar refractivity (Wildman–Crippen MR) is 207 cm³/mol. The van der Waals surface area contributed by atoms with Gasteiger partial charge in [-0.15, -0.1) is 0 Å². The third kappa shape index (κ3) is 9.82. The molecule has 3 aromatic carbocycles. The molecular formula is C40H49N9O5. The second-order valence-electron chi connectivity index (χ2n) is 13.5. The van der Waals surface area contributed by atoms with Gasteiger partial charge in [-0.3, -0.25) is 4.90 Å². The van der Waals surface area contributed by atoms with Crippen molar-refractivity contribution < 1.29 is 23.7 Å². The summed E-state index contributed by atoms with van der Waals surface area (Å²) in [6.45, 7) is 12.4. The minimum atomic E-state index is -0.570. The summed E-state index contributed by atoms with van der Waals surface area (Å²) in [7, 11) is 5.33. The maximum Gasteiger partial charge on any atom is 0.421 e. The number of aromatic nitrogens is 5. The lowest BCUT2D eigenvalue weighted by molar-refractivity contribution is 0.145. The average Bonchev–Trinajstić information content (AvgIpc) is 3.68. The van der Waals surface area contributed by atoms with Crippen LogP contribution in [0, 0.1) is 20.8 Å². The Labute approximate surface area is 316 Å². The zero-order chi connectivity index (χ0) is 38.0. The van der Waals surface area contributed by atoms with Crippen LogP contribution in [0.1, 0.15) is 34.2 Å². The van der Waals surface area contributed by atoms with Crippen molar-refractivity contribution in [1.29, 1.82) is 0 Å². The number of carbonyl (C=O) groups excluding carboxylic acids is 1. The van der Waals surface area contributed by atoms with Crippen molar-refractivity contribution in [2.24, 2.45) is 0 Å². The van der Waals surface area contributed by atoms with Gasteiger partial charge in [0.25, 0.3) is 0 Å². The molecule has 0 bridgehead atoms. The van der Waals surface area contributed by atoms with Crippen LogP contribution in [-0.2, 0) is 13.1 Å². The van der Waals surface area contributed by atoms with Gasteiger partial charge in [-0.25, -0.2) is 19.4 Å². The number of hydrogen-bond donors (Lipinski definition) is 1. The Morgan fingerprint density at radius 2 is 1.61 bits per heavy atom. The van der Waals surface area contributed by atoms with Gasteiger partial charge >= 0.3 is 6.09 Å². The molecule has 0 unspecified atom stereocenters. The molecule has 54 heavy (non-hydrogen) atoms. The van der Waals surface area contributed by atoms with E-state index in [1.165, 1.54) is 11.2 Å². The largest absolute Gasteiger partial charge is 0.493 e. The molecule has 0 radical (unpaired) electrons. The third-order valence-corrected chi connectivity index (χ3v) is 9.28. The minimum absolute atomic E-state index is 0.200. The average molecular weight is 736 g/mol. The van der Waals surface area contributed by atoms with Crippen molar-refractivity contribution in [3.05, 3.63) is 101 Å². The quantitative estimate of drug-likeness (QED) is 0.126. The highest BCUT2D eigenvalue weighted by Gasteiger charge is 2.23. The lowest BCUT2D eigenvalue weighted by atomic mass is 10.1. The number of rotatable bonds is 15. The molecule has 0 spiro atoms. The van der Waals surface area contributed by atoms with Gasteiger partial charge in [0.2, 0.25) is 11.7 Å². The Bertz CT molecular complexity index is 1980. The molecule has 0 aliphatic carbocycles. The van der Waals surface area contributed by atoms with Crippen LogP contribution in [0.4, 0.5) is 22.2 Å². The number of nitrogens with zero attached hydrogens (tertiary/aromatic N) is 8. The Kier molecular flexibility index (Phi) is 12.6. The predicted octanol–water partition coefficient (Wildman–Crippen LogP) is 6.02. The second-order valence-corrected chi connectivity index (χ2v) is 13.5. The smallest absolute Gasteiger partial charge is 0.421 e. The van der Waals surface area contributed by atoms with Crippen LogP contribution in [0.5, 0.6) is 23.0 Å². The zero-order valence-electron chi connectivity index (χ0n) is 31.9. The molecule has 1 aliphatic rings. The van der Waals surface area contributed by atoms with Gasteiger partial charge in [-0.2, -0.15) is 10.1 Å². The summed E-state index contributed by atoms with van der Waals surface area (Å²) in [6.07, 6.45) is 5.09. The summed E-state index contributed by atoms with van der Waals surface area (Å²) < 4.78 is 25.4. The highest BCUT2D eigenvalue weighted by atomic mass is 16.6. The monoisotopic (exact) mass is 735 g/mol. The fourth-order valence-electron chi connectivity index (χ4n) is 6.48. The van der Waals surface area contributed by atoms with E-state index in [4.69, 9.17) is 23.9 Å². The number of carbonyl (C=O) groups is 1. The third-order valence-electron chi connectivity index (χ3n) is 9.28. The van der Waals surface area contributed by atoms with Crippen molar-refractivity contribution in [1.82, 2.24) is 34.5 Å². The first-order chi connectivity index (χ1) is 26.2. The first-order valence-corrected chi connectivity index (χ1v) is 18.1.